The molecule has 0 bridgehead atoms. The van der Waals surface area contributed by atoms with Crippen molar-refractivity contribution in [3.05, 3.63) is 71.1 Å². The van der Waals surface area contributed by atoms with E-state index in [2.05, 4.69) is 15.3 Å². The summed E-state index contributed by atoms with van der Waals surface area (Å²) in [6.45, 7) is 1.46. The highest BCUT2D eigenvalue weighted by molar-refractivity contribution is 6.04. The third-order valence-corrected chi connectivity index (χ3v) is 3.98. The lowest BCUT2D eigenvalue weighted by Crippen LogP contribution is -2.07. The SMILES string of the molecule is CC(=O)Nc1ccc(Oc2ccc3c(=O)[nH]c4ncccc4c3c2)cc1. The average Bonchev–Trinajstić information content (AvgIpc) is 2.63. The van der Waals surface area contributed by atoms with Gasteiger partial charge in [0.05, 0.1) is 0 Å². The van der Waals surface area contributed by atoms with Crippen LogP contribution < -0.4 is 15.6 Å². The zero-order chi connectivity index (χ0) is 18.1. The smallest absolute Gasteiger partial charge is 0.257 e. The Balaban J connectivity index is 1.72. The monoisotopic (exact) mass is 345 g/mol. The van der Waals surface area contributed by atoms with Gasteiger partial charge in [-0.25, -0.2) is 4.98 Å². The molecule has 0 spiro atoms. The van der Waals surface area contributed by atoms with Gasteiger partial charge >= 0.3 is 0 Å². The van der Waals surface area contributed by atoms with E-state index in [1.54, 1.807) is 42.6 Å². The summed E-state index contributed by atoms with van der Waals surface area (Å²) in [4.78, 5) is 30.3. The molecule has 0 aliphatic rings. The van der Waals surface area contributed by atoms with Crippen molar-refractivity contribution in [2.45, 2.75) is 6.92 Å². The fourth-order valence-electron chi connectivity index (χ4n) is 2.85. The van der Waals surface area contributed by atoms with Crippen LogP contribution in [0.2, 0.25) is 0 Å². The number of anilines is 1. The quantitative estimate of drug-likeness (QED) is 0.553. The first-order valence-electron chi connectivity index (χ1n) is 8.06. The first-order chi connectivity index (χ1) is 12.6. The van der Waals surface area contributed by atoms with Gasteiger partial charge in [-0.3, -0.25) is 9.59 Å². The molecule has 0 aliphatic carbocycles. The maximum atomic E-state index is 12.2. The Kier molecular flexibility index (Phi) is 3.85. The Morgan fingerprint density at radius 2 is 1.77 bits per heavy atom. The van der Waals surface area contributed by atoms with Gasteiger partial charge in [0, 0.05) is 35.0 Å². The van der Waals surface area contributed by atoms with Crippen molar-refractivity contribution >= 4 is 33.4 Å². The molecule has 2 aromatic carbocycles. The highest BCUT2D eigenvalue weighted by Crippen LogP contribution is 2.28. The Hall–Kier alpha value is -3.67. The number of nitrogens with zero attached hydrogens (tertiary/aromatic N) is 1. The molecule has 128 valence electrons. The lowest BCUT2D eigenvalue weighted by molar-refractivity contribution is -0.114. The fourth-order valence-corrected chi connectivity index (χ4v) is 2.85. The zero-order valence-corrected chi connectivity index (χ0v) is 13.9. The summed E-state index contributed by atoms with van der Waals surface area (Å²) in [5.41, 5.74) is 1.06. The molecule has 6 nitrogen and oxygen atoms in total. The minimum Gasteiger partial charge on any atom is -0.457 e. The van der Waals surface area contributed by atoms with E-state index in [4.69, 9.17) is 4.74 Å². The van der Waals surface area contributed by atoms with Gasteiger partial charge in [0.25, 0.3) is 5.56 Å². The number of carbonyl (C=O) groups excluding carboxylic acids is 1. The van der Waals surface area contributed by atoms with E-state index in [1.807, 2.05) is 18.2 Å². The van der Waals surface area contributed by atoms with Crippen LogP contribution in [0.25, 0.3) is 21.8 Å². The van der Waals surface area contributed by atoms with Crippen LogP contribution in [0.5, 0.6) is 11.5 Å². The van der Waals surface area contributed by atoms with Crippen LogP contribution in [0, 0.1) is 0 Å². The van der Waals surface area contributed by atoms with Gasteiger partial charge in [0.15, 0.2) is 0 Å². The Bertz CT molecular complexity index is 1180. The van der Waals surface area contributed by atoms with Gasteiger partial charge in [-0.2, -0.15) is 0 Å². The van der Waals surface area contributed by atoms with Gasteiger partial charge in [0.1, 0.15) is 17.1 Å². The summed E-state index contributed by atoms with van der Waals surface area (Å²) in [5, 5.41) is 4.93. The molecular weight excluding hydrogens is 330 g/mol. The maximum Gasteiger partial charge on any atom is 0.257 e. The second kappa shape index (κ2) is 6.33. The molecule has 6 heteroatoms. The Morgan fingerprint density at radius 1 is 1.00 bits per heavy atom. The van der Waals surface area contributed by atoms with Crippen LogP contribution in [0.4, 0.5) is 5.69 Å². The van der Waals surface area contributed by atoms with E-state index in [0.29, 0.717) is 28.2 Å². The standard InChI is InChI=1S/C20H15N3O3/c1-12(24)22-13-4-6-14(7-5-13)26-15-8-9-17-18(11-15)16-3-2-10-21-19(16)23-20(17)25/h2-11H,1H3,(H,22,24)(H,21,23,25). The third-order valence-electron chi connectivity index (χ3n) is 3.98. The number of benzene rings is 2. The van der Waals surface area contributed by atoms with Crippen LogP contribution in [0.3, 0.4) is 0 Å². The maximum absolute atomic E-state index is 12.2. The second-order valence-corrected chi connectivity index (χ2v) is 5.87. The number of amides is 1. The number of aromatic amines is 1. The van der Waals surface area contributed by atoms with Gasteiger partial charge in [0.2, 0.25) is 5.91 Å². The predicted molar refractivity (Wildman–Crippen MR) is 101 cm³/mol. The second-order valence-electron chi connectivity index (χ2n) is 5.87. The lowest BCUT2D eigenvalue weighted by Gasteiger charge is -2.09. The summed E-state index contributed by atoms with van der Waals surface area (Å²) in [7, 11) is 0. The molecule has 1 amide bonds. The summed E-state index contributed by atoms with van der Waals surface area (Å²) in [5.74, 6) is 1.12. The van der Waals surface area contributed by atoms with Crippen molar-refractivity contribution in [2.75, 3.05) is 5.32 Å². The van der Waals surface area contributed by atoms with Crippen LogP contribution >= 0.6 is 0 Å². The van der Waals surface area contributed by atoms with Crippen LogP contribution in [0.1, 0.15) is 6.92 Å². The average molecular weight is 345 g/mol. The van der Waals surface area contributed by atoms with Crippen molar-refractivity contribution < 1.29 is 9.53 Å². The number of aromatic nitrogens is 2. The molecule has 2 N–H and O–H groups in total. The molecule has 2 aromatic heterocycles. The molecule has 26 heavy (non-hydrogen) atoms. The van der Waals surface area contributed by atoms with E-state index < -0.39 is 0 Å². The fraction of sp³-hybridized carbons (Fsp3) is 0.0500. The van der Waals surface area contributed by atoms with Crippen LogP contribution in [-0.4, -0.2) is 15.9 Å². The van der Waals surface area contributed by atoms with Crippen molar-refractivity contribution in [2.24, 2.45) is 0 Å². The third kappa shape index (κ3) is 3.00. The Morgan fingerprint density at radius 3 is 2.54 bits per heavy atom. The van der Waals surface area contributed by atoms with E-state index in [0.717, 1.165) is 10.8 Å². The molecule has 0 saturated heterocycles. The van der Waals surface area contributed by atoms with Crippen LogP contribution in [0.15, 0.2) is 65.6 Å². The van der Waals surface area contributed by atoms with Crippen molar-refractivity contribution in [1.82, 2.24) is 9.97 Å². The Labute approximate surface area is 148 Å². The van der Waals surface area contributed by atoms with E-state index in [9.17, 15) is 9.59 Å². The molecule has 0 saturated carbocycles. The van der Waals surface area contributed by atoms with Gasteiger partial charge < -0.3 is 15.0 Å². The summed E-state index contributed by atoms with van der Waals surface area (Å²) in [6.07, 6.45) is 1.64. The van der Waals surface area contributed by atoms with Gasteiger partial charge in [-0.05, 0) is 54.6 Å². The highest BCUT2D eigenvalue weighted by atomic mass is 16.5. The van der Waals surface area contributed by atoms with Crippen molar-refractivity contribution in [3.8, 4) is 11.5 Å². The molecule has 4 rings (SSSR count). The number of ether oxygens (including phenoxy) is 1. The van der Waals surface area contributed by atoms with E-state index >= 15 is 0 Å². The summed E-state index contributed by atoms with van der Waals surface area (Å²) < 4.78 is 5.89. The molecule has 0 aliphatic heterocycles. The van der Waals surface area contributed by atoms with Crippen LogP contribution in [-0.2, 0) is 4.79 Å². The topological polar surface area (TPSA) is 84.1 Å². The normalized spacial score (nSPS) is 10.8. The summed E-state index contributed by atoms with van der Waals surface area (Å²) >= 11 is 0. The minimum absolute atomic E-state index is 0.126. The van der Waals surface area contributed by atoms with Gasteiger partial charge in [-0.1, -0.05) is 0 Å². The van der Waals surface area contributed by atoms with E-state index in [1.165, 1.54) is 6.92 Å². The zero-order valence-electron chi connectivity index (χ0n) is 13.9. The molecule has 4 aromatic rings. The highest BCUT2D eigenvalue weighted by Gasteiger charge is 2.08. The molecular formula is C20H15N3O3. The van der Waals surface area contributed by atoms with Crippen molar-refractivity contribution in [1.29, 1.82) is 0 Å². The first kappa shape index (κ1) is 15.8. The number of H-pyrrole nitrogens is 1. The number of fused-ring (bicyclic) bond motifs is 3. The molecule has 0 unspecified atom stereocenters. The van der Waals surface area contributed by atoms with Crippen molar-refractivity contribution in [3.63, 3.8) is 0 Å². The molecule has 2 heterocycles. The van der Waals surface area contributed by atoms with Gasteiger partial charge in [-0.15, -0.1) is 0 Å². The molecule has 0 fully saturated rings. The number of nitrogens with one attached hydrogen (secondary N) is 2. The largest absolute Gasteiger partial charge is 0.457 e. The van der Waals surface area contributed by atoms with E-state index in [-0.39, 0.29) is 11.5 Å². The predicted octanol–water partition coefficient (Wildman–Crippen LogP) is 3.83. The number of carbonyl (C=O) groups is 1. The number of hydrogen-bond acceptors (Lipinski definition) is 4. The molecule has 0 radical (unpaired) electrons. The number of rotatable bonds is 3. The summed E-state index contributed by atoms with van der Waals surface area (Å²) in [6, 6.07) is 16.1. The lowest BCUT2D eigenvalue weighted by atomic mass is 10.1. The molecule has 0 atom stereocenters. The first-order valence-corrected chi connectivity index (χ1v) is 8.06. The minimum atomic E-state index is -0.183. The number of pyridine rings is 2. The number of hydrogen-bond donors (Lipinski definition) is 2.